The Kier molecular flexibility index (Phi) is 6.95. The number of carbonyl (C=O) groups is 2. The van der Waals surface area contributed by atoms with E-state index in [1.165, 1.54) is 7.11 Å². The highest BCUT2D eigenvalue weighted by Crippen LogP contribution is 2.24. The van der Waals surface area contributed by atoms with Crippen molar-refractivity contribution in [2.24, 2.45) is 5.92 Å². The number of unbranched alkanes of at least 4 members (excludes halogenated alkanes) is 1. The van der Waals surface area contributed by atoms with Gasteiger partial charge in [0.2, 0.25) is 5.91 Å². The Morgan fingerprint density at radius 2 is 2.20 bits per heavy atom. The molecule has 0 aromatic rings. The Morgan fingerprint density at radius 3 is 2.65 bits per heavy atom. The van der Waals surface area contributed by atoms with Crippen molar-refractivity contribution in [2.45, 2.75) is 58.1 Å². The molecule has 2 amide bonds. The van der Waals surface area contributed by atoms with Gasteiger partial charge in [-0.05, 0) is 26.2 Å². The summed E-state index contributed by atoms with van der Waals surface area (Å²) in [5.41, 5.74) is 1.59. The van der Waals surface area contributed by atoms with Gasteiger partial charge in [0.25, 0.3) is 5.91 Å². The standard InChI is InChI=1S/C14H26N2O4/c1-4-5-8-11(12(20-3)13(17)15-19)14(18)16-9-6-7-10(16)2/h10-12,19H,4-9H2,1-3H3,(H,15,17)/t10-,11-,12-/m1/s1. The molecule has 0 spiro atoms. The topological polar surface area (TPSA) is 78.9 Å². The van der Waals surface area contributed by atoms with Crippen LogP contribution in [0.2, 0.25) is 0 Å². The first-order chi connectivity index (χ1) is 9.56. The van der Waals surface area contributed by atoms with E-state index in [1.807, 2.05) is 18.7 Å². The van der Waals surface area contributed by atoms with Crippen LogP contribution in [0.25, 0.3) is 0 Å². The van der Waals surface area contributed by atoms with E-state index in [0.717, 1.165) is 32.2 Å². The van der Waals surface area contributed by atoms with Crippen LogP contribution in [-0.4, -0.2) is 47.7 Å². The molecule has 1 rings (SSSR count). The lowest BCUT2D eigenvalue weighted by Gasteiger charge is -2.30. The molecule has 20 heavy (non-hydrogen) atoms. The number of carbonyl (C=O) groups excluding carboxylic acids is 2. The van der Waals surface area contributed by atoms with Gasteiger partial charge in [-0.2, -0.15) is 0 Å². The number of amides is 2. The molecule has 116 valence electrons. The fourth-order valence-corrected chi connectivity index (χ4v) is 2.82. The van der Waals surface area contributed by atoms with E-state index >= 15 is 0 Å². The van der Waals surface area contributed by atoms with Gasteiger partial charge in [0.1, 0.15) is 6.10 Å². The summed E-state index contributed by atoms with van der Waals surface area (Å²) in [4.78, 5) is 26.2. The highest BCUT2D eigenvalue weighted by Gasteiger charge is 2.38. The predicted octanol–water partition coefficient (Wildman–Crippen LogP) is 1.32. The Balaban J connectivity index is 2.86. The Morgan fingerprint density at radius 1 is 1.50 bits per heavy atom. The molecule has 0 saturated carbocycles. The number of nitrogens with zero attached hydrogens (tertiary/aromatic N) is 1. The van der Waals surface area contributed by atoms with Crippen molar-refractivity contribution in [3.8, 4) is 0 Å². The minimum atomic E-state index is -0.938. The van der Waals surface area contributed by atoms with Crippen LogP contribution in [0.5, 0.6) is 0 Å². The van der Waals surface area contributed by atoms with Crippen LogP contribution in [0.4, 0.5) is 0 Å². The molecule has 0 unspecified atom stereocenters. The number of hydrogen-bond acceptors (Lipinski definition) is 4. The summed E-state index contributed by atoms with van der Waals surface area (Å²) in [6.07, 6.45) is 3.43. The summed E-state index contributed by atoms with van der Waals surface area (Å²) in [6.45, 7) is 4.80. The van der Waals surface area contributed by atoms with Gasteiger partial charge in [0.05, 0.1) is 5.92 Å². The quantitative estimate of drug-likeness (QED) is 0.546. The van der Waals surface area contributed by atoms with Gasteiger partial charge in [-0.15, -0.1) is 0 Å². The minimum absolute atomic E-state index is 0.0427. The van der Waals surface area contributed by atoms with Crippen LogP contribution >= 0.6 is 0 Å². The smallest absolute Gasteiger partial charge is 0.273 e. The fourth-order valence-electron chi connectivity index (χ4n) is 2.82. The van der Waals surface area contributed by atoms with Crippen molar-refractivity contribution in [1.29, 1.82) is 0 Å². The van der Waals surface area contributed by atoms with Crippen molar-refractivity contribution in [3.63, 3.8) is 0 Å². The molecule has 1 heterocycles. The third kappa shape index (κ3) is 3.93. The van der Waals surface area contributed by atoms with Crippen LogP contribution in [0, 0.1) is 5.92 Å². The number of nitrogens with one attached hydrogen (secondary N) is 1. The van der Waals surface area contributed by atoms with E-state index in [0.29, 0.717) is 6.42 Å². The normalized spacial score (nSPS) is 21.6. The average Bonchev–Trinajstić information content (AvgIpc) is 2.88. The van der Waals surface area contributed by atoms with Crippen molar-refractivity contribution in [3.05, 3.63) is 0 Å². The molecular weight excluding hydrogens is 260 g/mol. The molecule has 1 saturated heterocycles. The molecule has 1 aliphatic heterocycles. The summed E-state index contributed by atoms with van der Waals surface area (Å²) in [7, 11) is 1.39. The van der Waals surface area contributed by atoms with E-state index in [9.17, 15) is 9.59 Å². The Bertz CT molecular complexity index is 335. The number of rotatable bonds is 7. The Hall–Kier alpha value is -1.14. The van der Waals surface area contributed by atoms with Crippen molar-refractivity contribution in [1.82, 2.24) is 10.4 Å². The molecule has 0 aliphatic carbocycles. The second-order valence-corrected chi connectivity index (χ2v) is 5.40. The summed E-state index contributed by atoms with van der Waals surface area (Å²) < 4.78 is 5.16. The molecule has 0 bridgehead atoms. The van der Waals surface area contributed by atoms with Gasteiger partial charge >= 0.3 is 0 Å². The van der Waals surface area contributed by atoms with Gasteiger partial charge in [0, 0.05) is 19.7 Å². The van der Waals surface area contributed by atoms with Gasteiger partial charge in [0.15, 0.2) is 0 Å². The highest BCUT2D eigenvalue weighted by molar-refractivity contribution is 5.89. The largest absolute Gasteiger partial charge is 0.371 e. The first kappa shape index (κ1) is 16.9. The minimum Gasteiger partial charge on any atom is -0.371 e. The SMILES string of the molecule is CCCC[C@@H](C(=O)N1CCC[C@H]1C)[C@@H](OC)C(=O)NO. The van der Waals surface area contributed by atoms with Crippen LogP contribution in [0.15, 0.2) is 0 Å². The zero-order valence-corrected chi connectivity index (χ0v) is 12.6. The monoisotopic (exact) mass is 286 g/mol. The summed E-state index contributed by atoms with van der Waals surface area (Å²) in [6, 6.07) is 0.210. The lowest BCUT2D eigenvalue weighted by molar-refractivity contribution is -0.153. The lowest BCUT2D eigenvalue weighted by Crippen LogP contribution is -2.48. The number of hydroxylamine groups is 1. The summed E-state index contributed by atoms with van der Waals surface area (Å²) >= 11 is 0. The van der Waals surface area contributed by atoms with Crippen LogP contribution in [0.1, 0.15) is 46.0 Å². The summed E-state index contributed by atoms with van der Waals surface area (Å²) in [5, 5.41) is 8.81. The van der Waals surface area contributed by atoms with E-state index < -0.39 is 17.9 Å². The van der Waals surface area contributed by atoms with E-state index in [2.05, 4.69) is 0 Å². The predicted molar refractivity (Wildman–Crippen MR) is 74.2 cm³/mol. The molecule has 3 atom stereocenters. The van der Waals surface area contributed by atoms with E-state index in [1.54, 1.807) is 5.48 Å². The molecule has 0 aromatic heterocycles. The number of methoxy groups -OCH3 is 1. The highest BCUT2D eigenvalue weighted by atomic mass is 16.5. The zero-order valence-electron chi connectivity index (χ0n) is 12.6. The third-order valence-electron chi connectivity index (χ3n) is 4.01. The van der Waals surface area contributed by atoms with Crippen molar-refractivity contribution >= 4 is 11.8 Å². The second-order valence-electron chi connectivity index (χ2n) is 5.40. The van der Waals surface area contributed by atoms with Crippen molar-refractivity contribution in [2.75, 3.05) is 13.7 Å². The maximum absolute atomic E-state index is 12.7. The molecule has 6 heteroatoms. The number of ether oxygens (including phenoxy) is 1. The molecule has 0 radical (unpaired) electrons. The van der Waals surface area contributed by atoms with Crippen LogP contribution in [0.3, 0.4) is 0 Å². The van der Waals surface area contributed by atoms with Gasteiger partial charge in [-0.25, -0.2) is 5.48 Å². The maximum atomic E-state index is 12.7. The molecule has 0 aromatic carbocycles. The van der Waals surface area contributed by atoms with Crippen LogP contribution < -0.4 is 5.48 Å². The number of likely N-dealkylation sites (tertiary alicyclic amines) is 1. The Labute approximate surface area is 120 Å². The first-order valence-electron chi connectivity index (χ1n) is 7.34. The first-order valence-corrected chi connectivity index (χ1v) is 7.34. The van der Waals surface area contributed by atoms with Gasteiger partial charge < -0.3 is 9.64 Å². The van der Waals surface area contributed by atoms with Crippen molar-refractivity contribution < 1.29 is 19.5 Å². The second kappa shape index (κ2) is 8.21. The zero-order chi connectivity index (χ0) is 15.1. The molecular formula is C14H26N2O4. The average molecular weight is 286 g/mol. The molecule has 1 aliphatic rings. The molecule has 2 N–H and O–H groups in total. The summed E-state index contributed by atoms with van der Waals surface area (Å²) in [5.74, 6) is -1.24. The molecule has 1 fully saturated rings. The van der Waals surface area contributed by atoms with E-state index in [4.69, 9.17) is 9.94 Å². The van der Waals surface area contributed by atoms with Gasteiger partial charge in [-0.1, -0.05) is 19.8 Å². The fraction of sp³-hybridized carbons (Fsp3) is 0.857. The lowest BCUT2D eigenvalue weighted by atomic mass is 9.93. The third-order valence-corrected chi connectivity index (χ3v) is 4.01. The van der Waals surface area contributed by atoms with Gasteiger partial charge in [-0.3, -0.25) is 14.8 Å². The number of hydrogen-bond donors (Lipinski definition) is 2. The maximum Gasteiger partial charge on any atom is 0.273 e. The van der Waals surface area contributed by atoms with E-state index in [-0.39, 0.29) is 11.9 Å². The molecule has 6 nitrogen and oxygen atoms in total. The van der Waals surface area contributed by atoms with Crippen LogP contribution in [-0.2, 0) is 14.3 Å².